The molecule has 1 fully saturated rings. The number of hydrogen-bond acceptors (Lipinski definition) is 6. The van der Waals surface area contributed by atoms with Crippen LogP contribution in [-0.4, -0.2) is 51.7 Å². The largest absolute Gasteiger partial charge is 0.394 e. The molecule has 2 aliphatic rings. The minimum atomic E-state index is -2.38. The number of terminal acetylenes is 1. The van der Waals surface area contributed by atoms with Gasteiger partial charge in [0.05, 0.1) is 6.61 Å². The van der Waals surface area contributed by atoms with Gasteiger partial charge in [0.1, 0.15) is 11.9 Å². The first-order chi connectivity index (χ1) is 9.35. The molecule has 0 aromatic rings. The number of hydrogen-bond donors (Lipinski definition) is 3. The smallest absolute Gasteiger partial charge is 0.204 e. The molecule has 0 radical (unpaired) electrons. The molecule has 0 spiro atoms. The Bertz CT molecular complexity index is 543. The number of nitrogens with zero attached hydrogens (tertiary/aromatic N) is 2. The number of aliphatic hydroxyl groups excluding tert-OH is 1. The molecule has 2 aliphatic heterocycles. The Hall–Kier alpha value is -1.95. The topological polar surface area (TPSA) is 91.3 Å². The molecule has 4 atom stereocenters. The van der Waals surface area contributed by atoms with E-state index >= 15 is 0 Å². The summed E-state index contributed by atoms with van der Waals surface area (Å²) >= 11 is 0. The Morgan fingerprint density at radius 3 is 2.90 bits per heavy atom. The Kier molecular flexibility index (Phi) is 3.52. The lowest BCUT2D eigenvalue weighted by Gasteiger charge is -2.34. The van der Waals surface area contributed by atoms with Crippen molar-refractivity contribution in [3.8, 4) is 12.3 Å². The lowest BCUT2D eigenvalue weighted by atomic mass is 9.95. The van der Waals surface area contributed by atoms with Gasteiger partial charge < -0.3 is 25.6 Å². The van der Waals surface area contributed by atoms with Crippen molar-refractivity contribution in [3.63, 3.8) is 0 Å². The molecule has 2 rings (SSSR count). The van der Waals surface area contributed by atoms with E-state index in [1.165, 1.54) is 0 Å². The lowest BCUT2D eigenvalue weighted by molar-refractivity contribution is -0.0898. The first-order valence-corrected chi connectivity index (χ1v) is 5.64. The third kappa shape index (κ3) is 1.96. The van der Waals surface area contributed by atoms with E-state index in [1.807, 2.05) is 5.92 Å². The fourth-order valence-corrected chi connectivity index (χ4v) is 2.04. The number of halogens is 2. The standard InChI is InChI=1S/C12H13F2N3O3/c1-3-12(19)9(14)8(5-18)20-11(12)17-4-7(13)10(15)16-6(17)2/h1,4,8-9,11,18-19H,2,5H2,(H2,15,16)/t8-,9+,11-,12?/m1/s1. The number of nitrogens with two attached hydrogens (primary N) is 1. The quantitative estimate of drug-likeness (QED) is 0.587. The average molecular weight is 285 g/mol. The summed E-state index contributed by atoms with van der Waals surface area (Å²) in [7, 11) is 0. The first-order valence-electron chi connectivity index (χ1n) is 5.64. The second kappa shape index (κ2) is 4.86. The van der Waals surface area contributed by atoms with Crippen molar-refractivity contribution < 1.29 is 23.7 Å². The summed E-state index contributed by atoms with van der Waals surface area (Å²) in [4.78, 5) is 4.54. The highest BCUT2D eigenvalue weighted by atomic mass is 19.1. The molecule has 4 N–H and O–H groups in total. The van der Waals surface area contributed by atoms with Crippen LogP contribution >= 0.6 is 0 Å². The highest BCUT2D eigenvalue weighted by molar-refractivity contribution is 5.96. The van der Waals surface area contributed by atoms with Crippen molar-refractivity contribution in [3.05, 3.63) is 24.4 Å². The van der Waals surface area contributed by atoms with Gasteiger partial charge in [-0.3, -0.25) is 0 Å². The number of alkyl halides is 1. The van der Waals surface area contributed by atoms with Crippen LogP contribution in [0.2, 0.25) is 0 Å². The molecule has 0 aromatic carbocycles. The maximum atomic E-state index is 14.0. The van der Waals surface area contributed by atoms with Crippen LogP contribution in [-0.2, 0) is 4.74 Å². The second-order valence-corrected chi connectivity index (χ2v) is 4.38. The van der Waals surface area contributed by atoms with Crippen LogP contribution in [0.3, 0.4) is 0 Å². The van der Waals surface area contributed by atoms with Crippen LogP contribution in [0.5, 0.6) is 0 Å². The summed E-state index contributed by atoms with van der Waals surface area (Å²) in [6, 6.07) is 0. The van der Waals surface area contributed by atoms with E-state index in [0.29, 0.717) is 0 Å². The maximum Gasteiger partial charge on any atom is 0.204 e. The lowest BCUT2D eigenvalue weighted by Crippen LogP contribution is -2.51. The molecule has 108 valence electrons. The summed E-state index contributed by atoms with van der Waals surface area (Å²) < 4.78 is 32.7. The van der Waals surface area contributed by atoms with Gasteiger partial charge in [0.25, 0.3) is 0 Å². The van der Waals surface area contributed by atoms with Gasteiger partial charge in [-0.1, -0.05) is 12.5 Å². The minimum absolute atomic E-state index is 0.0756. The number of amidine groups is 1. The number of aliphatic imine (C=N–C) groups is 1. The first kappa shape index (κ1) is 14.5. The van der Waals surface area contributed by atoms with Crippen LogP contribution in [0.1, 0.15) is 0 Å². The van der Waals surface area contributed by atoms with E-state index in [0.717, 1.165) is 11.1 Å². The fourth-order valence-electron chi connectivity index (χ4n) is 2.04. The molecule has 8 heteroatoms. The predicted octanol–water partition coefficient (Wildman–Crippen LogP) is -0.639. The molecule has 20 heavy (non-hydrogen) atoms. The van der Waals surface area contributed by atoms with Crippen molar-refractivity contribution in [2.45, 2.75) is 24.1 Å². The molecule has 0 amide bonds. The predicted molar refractivity (Wildman–Crippen MR) is 66.2 cm³/mol. The van der Waals surface area contributed by atoms with Crippen molar-refractivity contribution in [2.75, 3.05) is 6.61 Å². The van der Waals surface area contributed by atoms with Gasteiger partial charge in [-0.05, 0) is 0 Å². The molecular weight excluding hydrogens is 272 g/mol. The Labute approximate surface area is 113 Å². The van der Waals surface area contributed by atoms with Gasteiger partial charge in [-0.25, -0.2) is 13.8 Å². The van der Waals surface area contributed by atoms with Gasteiger partial charge in [0.15, 0.2) is 24.1 Å². The van der Waals surface area contributed by atoms with Crippen LogP contribution in [0.15, 0.2) is 29.4 Å². The summed E-state index contributed by atoms with van der Waals surface area (Å²) in [6.45, 7) is 2.81. The highest BCUT2D eigenvalue weighted by Crippen LogP contribution is 2.37. The zero-order chi connectivity index (χ0) is 15.1. The molecule has 0 bridgehead atoms. The Balaban J connectivity index is 2.38. The zero-order valence-electron chi connectivity index (χ0n) is 10.3. The van der Waals surface area contributed by atoms with E-state index in [4.69, 9.17) is 22.0 Å². The Morgan fingerprint density at radius 2 is 2.35 bits per heavy atom. The number of ether oxygens (including phenoxy) is 1. The van der Waals surface area contributed by atoms with Gasteiger partial charge in [-0.15, -0.1) is 6.42 Å². The maximum absolute atomic E-state index is 14.0. The van der Waals surface area contributed by atoms with Crippen LogP contribution in [0, 0.1) is 12.3 Å². The summed E-state index contributed by atoms with van der Waals surface area (Å²) in [5.74, 6) is 0.504. The van der Waals surface area contributed by atoms with Gasteiger partial charge in [0.2, 0.25) is 5.60 Å². The minimum Gasteiger partial charge on any atom is -0.394 e. The molecule has 0 aromatic heterocycles. The normalized spacial score (nSPS) is 37.5. The van der Waals surface area contributed by atoms with Crippen LogP contribution in [0.25, 0.3) is 0 Å². The van der Waals surface area contributed by atoms with Crippen LogP contribution < -0.4 is 5.73 Å². The van der Waals surface area contributed by atoms with E-state index in [1.54, 1.807) is 0 Å². The summed E-state index contributed by atoms with van der Waals surface area (Å²) in [5, 5.41) is 19.2. The van der Waals surface area contributed by atoms with Gasteiger partial charge in [-0.2, -0.15) is 0 Å². The monoisotopic (exact) mass is 285 g/mol. The molecule has 1 saturated heterocycles. The van der Waals surface area contributed by atoms with Crippen molar-refractivity contribution >= 4 is 5.84 Å². The number of aliphatic hydroxyl groups is 2. The Morgan fingerprint density at radius 1 is 1.70 bits per heavy atom. The van der Waals surface area contributed by atoms with E-state index in [9.17, 15) is 13.9 Å². The van der Waals surface area contributed by atoms with E-state index in [2.05, 4.69) is 11.6 Å². The second-order valence-electron chi connectivity index (χ2n) is 4.38. The third-order valence-corrected chi connectivity index (χ3v) is 3.14. The third-order valence-electron chi connectivity index (χ3n) is 3.14. The van der Waals surface area contributed by atoms with Crippen LogP contribution in [0.4, 0.5) is 8.78 Å². The van der Waals surface area contributed by atoms with E-state index < -0.39 is 42.4 Å². The highest BCUT2D eigenvalue weighted by Gasteiger charge is 2.58. The fraction of sp³-hybridized carbons (Fsp3) is 0.417. The molecular formula is C12H13F2N3O3. The van der Waals surface area contributed by atoms with Crippen molar-refractivity contribution in [1.29, 1.82) is 0 Å². The molecule has 6 nitrogen and oxygen atoms in total. The zero-order valence-corrected chi connectivity index (χ0v) is 10.3. The van der Waals surface area contributed by atoms with Gasteiger partial charge >= 0.3 is 0 Å². The summed E-state index contributed by atoms with van der Waals surface area (Å²) in [6.07, 6.45) is 1.14. The van der Waals surface area contributed by atoms with E-state index in [-0.39, 0.29) is 5.82 Å². The summed E-state index contributed by atoms with van der Waals surface area (Å²) in [5.41, 5.74) is 2.89. The average Bonchev–Trinajstić information content (AvgIpc) is 2.67. The molecule has 2 heterocycles. The molecule has 0 saturated carbocycles. The van der Waals surface area contributed by atoms with Crippen molar-refractivity contribution in [1.82, 2.24) is 4.90 Å². The molecule has 1 unspecified atom stereocenters. The molecule has 0 aliphatic carbocycles. The van der Waals surface area contributed by atoms with Gasteiger partial charge in [0, 0.05) is 6.20 Å². The SMILES string of the molecule is C#CC1(O)[C@@H](F)[C@@H](CO)O[C@H]1N1C=C(F)C(N)=NC1=C. The van der Waals surface area contributed by atoms with Crippen molar-refractivity contribution in [2.24, 2.45) is 10.7 Å². The number of rotatable bonds is 2.